The number of hydrogen-bond donors (Lipinski definition) is 1. The zero-order valence-electron chi connectivity index (χ0n) is 15.1. The predicted molar refractivity (Wildman–Crippen MR) is 99.5 cm³/mol. The molecule has 1 amide bonds. The first-order chi connectivity index (χ1) is 12.2. The molecule has 2 fully saturated rings. The van der Waals surface area contributed by atoms with E-state index in [1.807, 2.05) is 30.3 Å². The summed E-state index contributed by atoms with van der Waals surface area (Å²) in [5, 5.41) is 3.11. The van der Waals surface area contributed by atoms with Gasteiger partial charge in [0, 0.05) is 18.0 Å². The van der Waals surface area contributed by atoms with E-state index < -0.39 is 0 Å². The Bertz CT molecular complexity index is 559. The van der Waals surface area contributed by atoms with Crippen molar-refractivity contribution in [3.05, 3.63) is 35.9 Å². The molecule has 1 N–H and O–H groups in total. The van der Waals surface area contributed by atoms with Gasteiger partial charge in [-0.15, -0.1) is 0 Å². The van der Waals surface area contributed by atoms with Gasteiger partial charge < -0.3 is 5.32 Å². The Kier molecular flexibility index (Phi) is 6.62. The Hall–Kier alpha value is -1.68. The number of hydrogen-bond acceptors (Lipinski definition) is 3. The number of rotatable bonds is 6. The van der Waals surface area contributed by atoms with Crippen LogP contribution in [0.4, 0.5) is 0 Å². The minimum atomic E-state index is 0.101. The quantitative estimate of drug-likeness (QED) is 0.807. The normalized spacial score (nSPS) is 20.3. The van der Waals surface area contributed by atoms with E-state index in [0.29, 0.717) is 12.5 Å². The van der Waals surface area contributed by atoms with E-state index in [2.05, 4.69) is 10.2 Å². The fraction of sp³-hybridized carbons (Fsp3) is 0.619. The number of nitrogens with one attached hydrogen (secondary N) is 1. The molecule has 0 radical (unpaired) electrons. The second-order valence-corrected chi connectivity index (χ2v) is 7.59. The highest BCUT2D eigenvalue weighted by Crippen LogP contribution is 2.23. The molecule has 0 unspecified atom stereocenters. The minimum absolute atomic E-state index is 0.101. The van der Waals surface area contributed by atoms with Gasteiger partial charge in [0.25, 0.3) is 0 Å². The van der Waals surface area contributed by atoms with Gasteiger partial charge in [-0.3, -0.25) is 14.5 Å². The molecule has 2 aliphatic rings. The molecule has 4 heteroatoms. The Labute approximate surface area is 151 Å². The standard InChI is InChI=1S/C21H30N2O2/c24-20(22-15-17-7-3-1-4-8-17)16-23-13-11-19(12-14-23)21(25)18-9-5-2-6-10-18/h2,5-6,9-10,17,19H,1,3-4,7-8,11-16H2,(H,22,24). The molecule has 4 nitrogen and oxygen atoms in total. The first-order valence-corrected chi connectivity index (χ1v) is 9.80. The topological polar surface area (TPSA) is 49.4 Å². The molecule has 136 valence electrons. The van der Waals surface area contributed by atoms with E-state index in [0.717, 1.165) is 38.0 Å². The Morgan fingerprint density at radius 3 is 2.32 bits per heavy atom. The van der Waals surface area contributed by atoms with Gasteiger partial charge in [-0.2, -0.15) is 0 Å². The average molecular weight is 342 g/mol. The van der Waals surface area contributed by atoms with Gasteiger partial charge in [0.2, 0.25) is 5.91 Å². The van der Waals surface area contributed by atoms with Gasteiger partial charge in [0.05, 0.1) is 6.54 Å². The molecule has 0 aromatic heterocycles. The van der Waals surface area contributed by atoms with Crippen molar-refractivity contribution < 1.29 is 9.59 Å². The number of likely N-dealkylation sites (tertiary alicyclic amines) is 1. The molecule has 1 saturated carbocycles. The summed E-state index contributed by atoms with van der Waals surface area (Å²) in [7, 11) is 0. The van der Waals surface area contributed by atoms with E-state index in [9.17, 15) is 9.59 Å². The van der Waals surface area contributed by atoms with Crippen LogP contribution in [0.15, 0.2) is 30.3 Å². The molecule has 1 aromatic carbocycles. The van der Waals surface area contributed by atoms with E-state index >= 15 is 0 Å². The largest absolute Gasteiger partial charge is 0.355 e. The third-order valence-electron chi connectivity index (χ3n) is 5.70. The maximum absolute atomic E-state index is 12.5. The average Bonchev–Trinajstić information content (AvgIpc) is 2.68. The van der Waals surface area contributed by atoms with Crippen LogP contribution in [-0.4, -0.2) is 42.8 Å². The van der Waals surface area contributed by atoms with E-state index in [1.54, 1.807) is 0 Å². The highest BCUT2D eigenvalue weighted by atomic mass is 16.2. The zero-order chi connectivity index (χ0) is 17.5. The molecule has 1 heterocycles. The van der Waals surface area contributed by atoms with Crippen molar-refractivity contribution in [3.8, 4) is 0 Å². The van der Waals surface area contributed by atoms with Crippen LogP contribution in [0, 0.1) is 11.8 Å². The van der Waals surface area contributed by atoms with Crippen LogP contribution < -0.4 is 5.32 Å². The molecular formula is C21H30N2O2. The van der Waals surface area contributed by atoms with Crippen LogP contribution >= 0.6 is 0 Å². The highest BCUT2D eigenvalue weighted by Gasteiger charge is 2.26. The van der Waals surface area contributed by atoms with Crippen molar-refractivity contribution >= 4 is 11.7 Å². The summed E-state index contributed by atoms with van der Waals surface area (Å²) < 4.78 is 0. The summed E-state index contributed by atoms with van der Waals surface area (Å²) >= 11 is 0. The molecule has 1 aromatic rings. The molecule has 1 aliphatic heterocycles. The zero-order valence-corrected chi connectivity index (χ0v) is 15.1. The lowest BCUT2D eigenvalue weighted by molar-refractivity contribution is -0.122. The summed E-state index contributed by atoms with van der Waals surface area (Å²) in [5.41, 5.74) is 0.811. The van der Waals surface area contributed by atoms with Crippen molar-refractivity contribution in [2.45, 2.75) is 44.9 Å². The second kappa shape index (κ2) is 9.14. The monoisotopic (exact) mass is 342 g/mol. The van der Waals surface area contributed by atoms with Gasteiger partial charge in [-0.1, -0.05) is 49.6 Å². The number of nitrogens with zero attached hydrogens (tertiary/aromatic N) is 1. The van der Waals surface area contributed by atoms with Crippen LogP contribution in [0.1, 0.15) is 55.3 Å². The fourth-order valence-corrected chi connectivity index (χ4v) is 4.10. The molecule has 0 spiro atoms. The minimum Gasteiger partial charge on any atom is -0.355 e. The van der Waals surface area contributed by atoms with Crippen LogP contribution in [-0.2, 0) is 4.79 Å². The van der Waals surface area contributed by atoms with Crippen molar-refractivity contribution in [3.63, 3.8) is 0 Å². The number of benzene rings is 1. The van der Waals surface area contributed by atoms with Crippen molar-refractivity contribution in [1.29, 1.82) is 0 Å². The number of amides is 1. The molecular weight excluding hydrogens is 312 g/mol. The van der Waals surface area contributed by atoms with Crippen LogP contribution in [0.2, 0.25) is 0 Å². The first kappa shape index (κ1) is 18.1. The second-order valence-electron chi connectivity index (χ2n) is 7.59. The molecule has 1 aliphatic carbocycles. The third kappa shape index (κ3) is 5.40. The lowest BCUT2D eigenvalue weighted by Crippen LogP contribution is -2.43. The summed E-state index contributed by atoms with van der Waals surface area (Å²) in [6.07, 6.45) is 8.18. The number of carbonyl (C=O) groups excluding carboxylic acids is 2. The maximum Gasteiger partial charge on any atom is 0.234 e. The summed E-state index contributed by atoms with van der Waals surface area (Å²) in [6.45, 7) is 2.97. The summed E-state index contributed by atoms with van der Waals surface area (Å²) in [4.78, 5) is 26.9. The molecule has 25 heavy (non-hydrogen) atoms. The molecule has 3 rings (SSSR count). The predicted octanol–water partition coefficient (Wildman–Crippen LogP) is 3.28. The third-order valence-corrected chi connectivity index (χ3v) is 5.70. The Morgan fingerprint density at radius 1 is 0.960 bits per heavy atom. The number of piperidine rings is 1. The van der Waals surface area contributed by atoms with Gasteiger partial charge in [0.1, 0.15) is 0 Å². The molecule has 0 atom stereocenters. The van der Waals surface area contributed by atoms with Crippen LogP contribution in [0.3, 0.4) is 0 Å². The van der Waals surface area contributed by atoms with Gasteiger partial charge in [0.15, 0.2) is 5.78 Å². The van der Waals surface area contributed by atoms with Crippen molar-refractivity contribution in [2.75, 3.05) is 26.2 Å². The van der Waals surface area contributed by atoms with Gasteiger partial charge in [-0.25, -0.2) is 0 Å². The number of carbonyl (C=O) groups is 2. The van der Waals surface area contributed by atoms with Gasteiger partial charge >= 0.3 is 0 Å². The fourth-order valence-electron chi connectivity index (χ4n) is 4.10. The number of ketones is 1. The van der Waals surface area contributed by atoms with Gasteiger partial charge in [-0.05, 0) is 44.7 Å². The van der Waals surface area contributed by atoms with Crippen molar-refractivity contribution in [2.24, 2.45) is 11.8 Å². The van der Waals surface area contributed by atoms with Crippen molar-refractivity contribution in [1.82, 2.24) is 10.2 Å². The molecule has 1 saturated heterocycles. The number of Topliss-reactive ketones (excluding diaryl/α,β-unsaturated/α-hetero) is 1. The summed E-state index contributed by atoms with van der Waals surface area (Å²) in [6, 6.07) is 9.56. The lowest BCUT2D eigenvalue weighted by Gasteiger charge is -2.31. The maximum atomic E-state index is 12.5. The lowest BCUT2D eigenvalue weighted by atomic mass is 9.89. The molecule has 0 bridgehead atoms. The Balaban J connectivity index is 1.37. The SMILES string of the molecule is O=C(CN1CCC(C(=O)c2ccccc2)CC1)NCC1CCCCC1. The highest BCUT2D eigenvalue weighted by molar-refractivity contribution is 5.97. The van der Waals surface area contributed by atoms with E-state index in [-0.39, 0.29) is 17.6 Å². The van der Waals surface area contributed by atoms with E-state index in [1.165, 1.54) is 32.1 Å². The Morgan fingerprint density at radius 2 is 1.64 bits per heavy atom. The van der Waals surface area contributed by atoms with Crippen LogP contribution in [0.25, 0.3) is 0 Å². The summed E-state index contributed by atoms with van der Waals surface area (Å²) in [5.74, 6) is 1.16. The first-order valence-electron chi connectivity index (χ1n) is 9.80. The smallest absolute Gasteiger partial charge is 0.234 e. The van der Waals surface area contributed by atoms with E-state index in [4.69, 9.17) is 0 Å². The van der Waals surface area contributed by atoms with Crippen LogP contribution in [0.5, 0.6) is 0 Å².